The number of hydrogen-bond donors (Lipinski definition) is 1. The number of carbonyl (C=O) groups is 1. The Morgan fingerprint density at radius 2 is 1.77 bits per heavy atom. The van der Waals surface area contributed by atoms with Crippen LogP contribution in [0.1, 0.15) is 54.8 Å². The van der Waals surface area contributed by atoms with Crippen LogP contribution in [0.5, 0.6) is 0 Å². The Labute approximate surface area is 177 Å². The molecule has 1 amide bonds. The van der Waals surface area contributed by atoms with Crippen LogP contribution >= 0.6 is 0 Å². The van der Waals surface area contributed by atoms with Gasteiger partial charge in [-0.2, -0.15) is 14.8 Å². The number of rotatable bonds is 4. The highest BCUT2D eigenvalue weighted by atomic mass is 16.5. The lowest BCUT2D eigenvalue weighted by Crippen LogP contribution is -2.40. The largest absolute Gasteiger partial charge is 0.351 e. The molecule has 1 aliphatic rings. The molecule has 10 nitrogen and oxygen atoms in total. The van der Waals surface area contributed by atoms with Crippen molar-refractivity contribution in [3.05, 3.63) is 56.6 Å². The molecule has 3 aromatic rings. The molecule has 0 saturated heterocycles. The SMILES string of the molecule is Cc1ccc(-n2nc(-c3noc(C(=O)NC4CCCCCC4)n3)c(=O)n(C)c2=O)cc1. The lowest BCUT2D eigenvalue weighted by Gasteiger charge is -2.14. The monoisotopic (exact) mass is 424 g/mol. The number of benzene rings is 1. The first-order valence-electron chi connectivity index (χ1n) is 10.4. The van der Waals surface area contributed by atoms with Crippen LogP contribution in [0.15, 0.2) is 38.4 Å². The summed E-state index contributed by atoms with van der Waals surface area (Å²) in [6.07, 6.45) is 6.30. The zero-order valence-corrected chi connectivity index (χ0v) is 17.5. The third-order valence-corrected chi connectivity index (χ3v) is 5.48. The first-order chi connectivity index (χ1) is 14.9. The summed E-state index contributed by atoms with van der Waals surface area (Å²) in [6.45, 7) is 1.92. The molecule has 1 N–H and O–H groups in total. The van der Waals surface area contributed by atoms with E-state index in [9.17, 15) is 14.4 Å². The number of amides is 1. The summed E-state index contributed by atoms with van der Waals surface area (Å²) in [5, 5.41) is 10.8. The van der Waals surface area contributed by atoms with E-state index >= 15 is 0 Å². The fourth-order valence-corrected chi connectivity index (χ4v) is 3.65. The molecule has 31 heavy (non-hydrogen) atoms. The summed E-state index contributed by atoms with van der Waals surface area (Å²) < 4.78 is 7.11. The van der Waals surface area contributed by atoms with E-state index < -0.39 is 17.2 Å². The second-order valence-electron chi connectivity index (χ2n) is 7.83. The minimum absolute atomic E-state index is 0.0692. The molecule has 4 rings (SSSR count). The van der Waals surface area contributed by atoms with Gasteiger partial charge in [0.2, 0.25) is 5.82 Å². The molecule has 1 aromatic carbocycles. The average molecular weight is 424 g/mol. The highest BCUT2D eigenvalue weighted by Crippen LogP contribution is 2.18. The van der Waals surface area contributed by atoms with Gasteiger partial charge in [0.1, 0.15) is 0 Å². The van der Waals surface area contributed by atoms with Crippen LogP contribution in [0.3, 0.4) is 0 Å². The number of nitrogens with one attached hydrogen (secondary N) is 1. The highest BCUT2D eigenvalue weighted by Gasteiger charge is 2.23. The minimum Gasteiger partial charge on any atom is -0.345 e. The second-order valence-corrected chi connectivity index (χ2v) is 7.83. The van der Waals surface area contributed by atoms with E-state index in [0.29, 0.717) is 5.69 Å². The Hall–Kier alpha value is -3.56. The number of aryl methyl sites for hydroxylation is 1. The van der Waals surface area contributed by atoms with Gasteiger partial charge in [-0.3, -0.25) is 14.2 Å². The summed E-state index contributed by atoms with van der Waals surface area (Å²) in [6, 6.07) is 7.18. The van der Waals surface area contributed by atoms with Crippen LogP contribution in [0, 0.1) is 6.92 Å². The van der Waals surface area contributed by atoms with Gasteiger partial charge in [-0.15, -0.1) is 0 Å². The third-order valence-electron chi connectivity index (χ3n) is 5.48. The zero-order valence-electron chi connectivity index (χ0n) is 17.5. The maximum absolute atomic E-state index is 12.6. The smallest absolute Gasteiger partial charge is 0.345 e. The van der Waals surface area contributed by atoms with Gasteiger partial charge in [0.05, 0.1) is 5.69 Å². The van der Waals surface area contributed by atoms with Crippen molar-refractivity contribution in [1.82, 2.24) is 29.8 Å². The molecular weight excluding hydrogens is 400 g/mol. The van der Waals surface area contributed by atoms with Crippen LogP contribution in [0.4, 0.5) is 0 Å². The lowest BCUT2D eigenvalue weighted by molar-refractivity contribution is 0.0889. The van der Waals surface area contributed by atoms with Crippen LogP contribution in [-0.2, 0) is 7.05 Å². The third kappa shape index (κ3) is 4.32. The Morgan fingerprint density at radius 1 is 1.10 bits per heavy atom. The van der Waals surface area contributed by atoms with E-state index in [4.69, 9.17) is 4.52 Å². The van der Waals surface area contributed by atoms with E-state index in [1.54, 1.807) is 12.1 Å². The molecule has 1 aliphatic carbocycles. The molecule has 2 heterocycles. The fraction of sp³-hybridized carbons (Fsp3) is 0.429. The predicted octanol–water partition coefficient (Wildman–Crippen LogP) is 1.74. The minimum atomic E-state index is -0.676. The van der Waals surface area contributed by atoms with Gasteiger partial charge in [0.25, 0.3) is 5.56 Å². The maximum Gasteiger partial charge on any atom is 0.351 e. The van der Waals surface area contributed by atoms with E-state index in [1.165, 1.54) is 19.9 Å². The summed E-state index contributed by atoms with van der Waals surface area (Å²) in [5.41, 5.74) is 0.0452. The average Bonchev–Trinajstić information content (AvgIpc) is 3.11. The van der Waals surface area contributed by atoms with Crippen molar-refractivity contribution in [2.24, 2.45) is 7.05 Å². The van der Waals surface area contributed by atoms with Crippen molar-refractivity contribution < 1.29 is 9.32 Å². The van der Waals surface area contributed by atoms with Gasteiger partial charge in [-0.1, -0.05) is 48.5 Å². The highest BCUT2D eigenvalue weighted by molar-refractivity contribution is 5.90. The van der Waals surface area contributed by atoms with Crippen molar-refractivity contribution in [1.29, 1.82) is 0 Å². The molecule has 0 bridgehead atoms. The first-order valence-corrected chi connectivity index (χ1v) is 10.4. The molecule has 1 saturated carbocycles. The van der Waals surface area contributed by atoms with Crippen molar-refractivity contribution in [2.45, 2.75) is 51.5 Å². The molecule has 0 unspecified atom stereocenters. The normalized spacial score (nSPS) is 14.9. The lowest BCUT2D eigenvalue weighted by atomic mass is 10.1. The predicted molar refractivity (Wildman–Crippen MR) is 112 cm³/mol. The maximum atomic E-state index is 12.6. The topological polar surface area (TPSA) is 125 Å². The molecular formula is C21H24N6O4. The van der Waals surface area contributed by atoms with Crippen molar-refractivity contribution >= 4 is 5.91 Å². The molecule has 162 valence electrons. The molecule has 10 heteroatoms. The van der Waals surface area contributed by atoms with Crippen molar-refractivity contribution in [3.8, 4) is 17.2 Å². The number of carbonyl (C=O) groups excluding carboxylic acids is 1. The van der Waals surface area contributed by atoms with Gasteiger partial charge in [-0.25, -0.2) is 4.79 Å². The molecule has 0 spiro atoms. The fourth-order valence-electron chi connectivity index (χ4n) is 3.65. The van der Waals surface area contributed by atoms with Gasteiger partial charge in [0.15, 0.2) is 5.69 Å². The van der Waals surface area contributed by atoms with Crippen molar-refractivity contribution in [2.75, 3.05) is 0 Å². The van der Waals surface area contributed by atoms with Crippen LogP contribution in [0.25, 0.3) is 17.2 Å². The molecule has 0 radical (unpaired) electrons. The number of hydrogen-bond acceptors (Lipinski definition) is 7. The zero-order chi connectivity index (χ0) is 22.0. The first kappa shape index (κ1) is 20.7. The Bertz CT molecular complexity index is 1200. The summed E-state index contributed by atoms with van der Waals surface area (Å²) in [4.78, 5) is 41.8. The number of aromatic nitrogens is 5. The summed E-state index contributed by atoms with van der Waals surface area (Å²) >= 11 is 0. The van der Waals surface area contributed by atoms with Crippen LogP contribution in [0.2, 0.25) is 0 Å². The van der Waals surface area contributed by atoms with E-state index in [1.807, 2.05) is 19.1 Å². The molecule has 0 aliphatic heterocycles. The van der Waals surface area contributed by atoms with Crippen LogP contribution in [-0.4, -0.2) is 36.4 Å². The number of nitrogens with zero attached hydrogens (tertiary/aromatic N) is 5. The standard InChI is InChI=1S/C21H24N6O4/c1-13-9-11-15(12-10-13)27-21(30)26(2)20(29)16(24-27)17-23-19(31-25-17)18(28)22-14-7-5-3-4-6-8-14/h9-12,14H,3-8H2,1-2H3,(H,22,28). The Morgan fingerprint density at radius 3 is 2.45 bits per heavy atom. The molecule has 0 atom stereocenters. The van der Waals surface area contributed by atoms with E-state index in [0.717, 1.165) is 40.5 Å². The van der Waals surface area contributed by atoms with Crippen molar-refractivity contribution in [3.63, 3.8) is 0 Å². The quantitative estimate of drug-likeness (QED) is 0.633. The Balaban J connectivity index is 1.65. The van der Waals surface area contributed by atoms with Gasteiger partial charge >= 0.3 is 17.5 Å². The summed E-state index contributed by atoms with van der Waals surface area (Å²) in [5.74, 6) is -0.863. The van der Waals surface area contributed by atoms with E-state index in [2.05, 4.69) is 20.6 Å². The second kappa shape index (κ2) is 8.66. The van der Waals surface area contributed by atoms with Crippen LogP contribution < -0.4 is 16.6 Å². The Kier molecular flexibility index (Phi) is 5.79. The molecule has 2 aromatic heterocycles. The van der Waals surface area contributed by atoms with Gasteiger partial charge in [0, 0.05) is 13.1 Å². The van der Waals surface area contributed by atoms with Gasteiger partial charge < -0.3 is 9.84 Å². The summed E-state index contributed by atoms with van der Waals surface area (Å²) in [7, 11) is 1.35. The van der Waals surface area contributed by atoms with E-state index in [-0.39, 0.29) is 23.5 Å². The molecule has 1 fully saturated rings. The van der Waals surface area contributed by atoms with Gasteiger partial charge in [-0.05, 0) is 31.9 Å².